The van der Waals surface area contributed by atoms with Crippen LogP contribution in [0.1, 0.15) is 5.56 Å². The van der Waals surface area contributed by atoms with E-state index in [0.717, 1.165) is 5.56 Å². The Kier molecular flexibility index (Phi) is 5.15. The van der Waals surface area contributed by atoms with E-state index in [-0.39, 0.29) is 27.3 Å². The third kappa shape index (κ3) is 4.12. The van der Waals surface area contributed by atoms with Crippen LogP contribution in [0, 0.1) is 6.92 Å². The van der Waals surface area contributed by atoms with Crippen LogP contribution in [0.2, 0.25) is 10.0 Å². The summed E-state index contributed by atoms with van der Waals surface area (Å²) in [5.41, 5.74) is 6.54. The summed E-state index contributed by atoms with van der Waals surface area (Å²) in [4.78, 5) is 0. The molecule has 2 aromatic carbocycles. The third-order valence-electron chi connectivity index (χ3n) is 2.28. The minimum atomic E-state index is -0.100. The molecule has 19 heavy (non-hydrogen) atoms. The van der Waals surface area contributed by atoms with Gasteiger partial charge in [0.2, 0.25) is 0 Å². The van der Waals surface area contributed by atoms with Crippen molar-refractivity contribution < 1.29 is 15.3 Å². The van der Waals surface area contributed by atoms with Gasteiger partial charge in [-0.1, -0.05) is 29.3 Å². The molecule has 5 N–H and O–H groups in total. The Morgan fingerprint density at radius 3 is 2.11 bits per heavy atom. The number of hydrogen-bond donors (Lipinski definition) is 4. The second-order valence-corrected chi connectivity index (χ2v) is 4.56. The van der Waals surface area contributed by atoms with Crippen LogP contribution in [-0.2, 0) is 0 Å². The normalized spacial score (nSPS) is 9.63. The number of hydrogen-bond acceptors (Lipinski definition) is 4. The van der Waals surface area contributed by atoms with Crippen LogP contribution in [0.15, 0.2) is 30.3 Å². The fourth-order valence-electron chi connectivity index (χ4n) is 1.18. The summed E-state index contributed by atoms with van der Waals surface area (Å²) >= 11 is 11.0. The fourth-order valence-corrected chi connectivity index (χ4v) is 1.51. The quantitative estimate of drug-likeness (QED) is 0.559. The molecule has 0 heterocycles. The minimum Gasteiger partial charge on any atom is -0.508 e. The molecular weight excluding hydrogens is 289 g/mol. The van der Waals surface area contributed by atoms with Crippen LogP contribution in [0.5, 0.6) is 17.2 Å². The molecule has 0 aliphatic heterocycles. The largest absolute Gasteiger partial charge is 0.508 e. The Morgan fingerprint density at radius 1 is 1.00 bits per heavy atom. The van der Waals surface area contributed by atoms with Crippen molar-refractivity contribution in [1.29, 1.82) is 0 Å². The number of halogens is 2. The molecule has 0 amide bonds. The van der Waals surface area contributed by atoms with Crippen LogP contribution in [0.25, 0.3) is 0 Å². The fraction of sp³-hybridized carbons (Fsp3) is 0.0769. The molecule has 0 aliphatic rings. The predicted molar refractivity (Wildman–Crippen MR) is 77.0 cm³/mol. The van der Waals surface area contributed by atoms with Crippen molar-refractivity contribution in [3.8, 4) is 17.2 Å². The van der Waals surface area contributed by atoms with Crippen molar-refractivity contribution >= 4 is 28.9 Å². The van der Waals surface area contributed by atoms with Gasteiger partial charge in [0.15, 0.2) is 0 Å². The first-order chi connectivity index (χ1) is 8.82. The van der Waals surface area contributed by atoms with E-state index in [0.29, 0.717) is 5.69 Å². The van der Waals surface area contributed by atoms with Crippen LogP contribution in [-0.4, -0.2) is 15.3 Å². The van der Waals surface area contributed by atoms with Gasteiger partial charge in [0.1, 0.15) is 22.3 Å². The van der Waals surface area contributed by atoms with Gasteiger partial charge < -0.3 is 21.1 Å². The number of aryl methyl sites for hydroxylation is 1. The zero-order valence-corrected chi connectivity index (χ0v) is 11.6. The topological polar surface area (TPSA) is 86.7 Å². The Morgan fingerprint density at radius 2 is 1.63 bits per heavy atom. The van der Waals surface area contributed by atoms with E-state index in [1.165, 1.54) is 18.2 Å². The van der Waals surface area contributed by atoms with E-state index < -0.39 is 0 Å². The lowest BCUT2D eigenvalue weighted by Gasteiger charge is -2.02. The molecule has 0 unspecified atom stereocenters. The molecule has 0 bridgehead atoms. The lowest BCUT2D eigenvalue weighted by molar-refractivity contribution is 0.451. The molecule has 6 heteroatoms. The molecule has 0 saturated carbocycles. The molecule has 0 aliphatic carbocycles. The van der Waals surface area contributed by atoms with Gasteiger partial charge in [-0.25, -0.2) is 0 Å². The molecule has 0 spiro atoms. The highest BCUT2D eigenvalue weighted by Crippen LogP contribution is 2.31. The highest BCUT2D eigenvalue weighted by Gasteiger charge is 2.03. The van der Waals surface area contributed by atoms with Crippen molar-refractivity contribution in [2.75, 3.05) is 5.73 Å². The van der Waals surface area contributed by atoms with Gasteiger partial charge in [-0.2, -0.15) is 0 Å². The number of rotatable bonds is 0. The maximum Gasteiger partial charge on any atom is 0.139 e. The summed E-state index contributed by atoms with van der Waals surface area (Å²) in [5.74, 6) is -0.0183. The Balaban J connectivity index is 0.000000191. The first-order valence-corrected chi connectivity index (χ1v) is 5.99. The Hall–Kier alpha value is -1.78. The number of phenols is 3. The molecule has 0 saturated heterocycles. The number of anilines is 1. The first-order valence-electron chi connectivity index (χ1n) is 5.24. The van der Waals surface area contributed by atoms with Crippen molar-refractivity contribution in [2.45, 2.75) is 6.92 Å². The first kappa shape index (κ1) is 15.3. The van der Waals surface area contributed by atoms with E-state index in [1.807, 2.05) is 0 Å². The molecule has 2 rings (SSSR count). The van der Waals surface area contributed by atoms with Gasteiger partial charge >= 0.3 is 0 Å². The van der Waals surface area contributed by atoms with Gasteiger partial charge in [-0.05, 0) is 30.7 Å². The molecule has 0 aromatic heterocycles. The van der Waals surface area contributed by atoms with Gasteiger partial charge in [-0.15, -0.1) is 0 Å². The van der Waals surface area contributed by atoms with Gasteiger partial charge in [-0.3, -0.25) is 0 Å². The Labute approximate surface area is 120 Å². The molecular formula is C13H13Cl2NO3. The molecule has 2 aromatic rings. The number of benzene rings is 2. The maximum absolute atomic E-state index is 9.18. The second kappa shape index (κ2) is 6.41. The summed E-state index contributed by atoms with van der Waals surface area (Å²) in [7, 11) is 0. The number of nitrogens with two attached hydrogens (primary N) is 1. The summed E-state index contributed by atoms with van der Waals surface area (Å²) in [6.07, 6.45) is 0. The van der Waals surface area contributed by atoms with Crippen LogP contribution < -0.4 is 5.73 Å². The predicted octanol–water partition coefficient (Wildman–Crippen LogP) is 3.69. The van der Waals surface area contributed by atoms with E-state index in [1.54, 1.807) is 19.1 Å². The monoisotopic (exact) mass is 301 g/mol. The minimum absolute atomic E-state index is 0.0110. The second-order valence-electron chi connectivity index (χ2n) is 3.77. The lowest BCUT2D eigenvalue weighted by Crippen LogP contribution is -1.86. The lowest BCUT2D eigenvalue weighted by atomic mass is 10.2. The van der Waals surface area contributed by atoms with Crippen molar-refractivity contribution in [2.24, 2.45) is 0 Å². The molecule has 0 radical (unpaired) electrons. The summed E-state index contributed by atoms with van der Waals surface area (Å²) in [6, 6.07) is 7.39. The van der Waals surface area contributed by atoms with E-state index in [2.05, 4.69) is 0 Å². The van der Waals surface area contributed by atoms with Crippen molar-refractivity contribution in [3.05, 3.63) is 45.9 Å². The van der Waals surface area contributed by atoms with Crippen LogP contribution in [0.3, 0.4) is 0 Å². The van der Waals surface area contributed by atoms with Crippen molar-refractivity contribution in [1.82, 2.24) is 0 Å². The van der Waals surface area contributed by atoms with Gasteiger partial charge in [0.05, 0.1) is 10.7 Å². The zero-order chi connectivity index (χ0) is 14.6. The van der Waals surface area contributed by atoms with Gasteiger partial charge in [0.25, 0.3) is 0 Å². The molecule has 102 valence electrons. The van der Waals surface area contributed by atoms with E-state index >= 15 is 0 Å². The zero-order valence-electron chi connectivity index (χ0n) is 10.1. The van der Waals surface area contributed by atoms with E-state index in [4.69, 9.17) is 39.1 Å². The van der Waals surface area contributed by atoms with Crippen LogP contribution in [0.4, 0.5) is 5.69 Å². The standard InChI is InChI=1S/C7H8ClNO.C6H5ClO2/c1-4-2-3-5(9)6(8)7(4)10;7-5-2-1-4(8)3-6(5)9/h2-3,10H,9H2,1H3;1-3,8-9H. The van der Waals surface area contributed by atoms with E-state index in [9.17, 15) is 5.11 Å². The molecule has 0 fully saturated rings. The number of phenolic OH excluding ortho intramolecular Hbond substituents is 3. The van der Waals surface area contributed by atoms with Gasteiger partial charge in [0, 0.05) is 6.07 Å². The average molecular weight is 302 g/mol. The summed E-state index contributed by atoms with van der Waals surface area (Å²) in [5, 5.41) is 27.2. The smallest absolute Gasteiger partial charge is 0.139 e. The Bertz CT molecular complexity index is 561. The number of nitrogen functional groups attached to an aromatic ring is 1. The molecule has 0 atom stereocenters. The van der Waals surface area contributed by atoms with Crippen LogP contribution >= 0.6 is 23.2 Å². The molecule has 4 nitrogen and oxygen atoms in total. The average Bonchev–Trinajstić information content (AvgIpc) is 2.37. The summed E-state index contributed by atoms with van der Waals surface area (Å²) in [6.45, 7) is 1.76. The maximum atomic E-state index is 9.18. The summed E-state index contributed by atoms with van der Waals surface area (Å²) < 4.78 is 0. The number of aromatic hydroxyl groups is 3. The highest BCUT2D eigenvalue weighted by atomic mass is 35.5. The SMILES string of the molecule is Cc1ccc(N)c(Cl)c1O.Oc1ccc(Cl)c(O)c1. The van der Waals surface area contributed by atoms with Crippen molar-refractivity contribution in [3.63, 3.8) is 0 Å². The third-order valence-corrected chi connectivity index (χ3v) is 2.99. The highest BCUT2D eigenvalue weighted by molar-refractivity contribution is 6.34.